The summed E-state index contributed by atoms with van der Waals surface area (Å²) < 4.78 is 6.23. The van der Waals surface area contributed by atoms with Crippen LogP contribution in [0.2, 0.25) is 0 Å². The molecule has 0 heterocycles. The Bertz CT molecular complexity index is 240. The van der Waals surface area contributed by atoms with Crippen molar-refractivity contribution in [3.8, 4) is 0 Å². The second kappa shape index (κ2) is 7.64. The maximum absolute atomic E-state index is 6.64. The Morgan fingerprint density at radius 3 is 2.16 bits per heavy atom. The second-order valence-electron chi connectivity index (χ2n) is 6.76. The zero-order chi connectivity index (χ0) is 13.6. The first-order chi connectivity index (χ1) is 9.27. The minimum Gasteiger partial charge on any atom is -0.374 e. The lowest BCUT2D eigenvalue weighted by Crippen LogP contribution is -2.51. The third-order valence-corrected chi connectivity index (χ3v) is 5.37. The van der Waals surface area contributed by atoms with Crippen molar-refractivity contribution in [3.63, 3.8) is 0 Å². The van der Waals surface area contributed by atoms with Crippen molar-refractivity contribution in [2.75, 3.05) is 6.61 Å². The molecule has 0 saturated heterocycles. The summed E-state index contributed by atoms with van der Waals surface area (Å²) in [6.45, 7) is 2.94. The van der Waals surface area contributed by atoms with Crippen LogP contribution in [-0.4, -0.2) is 18.2 Å². The highest BCUT2D eigenvalue weighted by Gasteiger charge is 2.38. The fourth-order valence-corrected chi connectivity index (χ4v) is 4.23. The number of hydrogen-bond donors (Lipinski definition) is 1. The SMILES string of the molecule is CCOC1(C(N)CC2CCCCC2)CCCCCC1. The molecule has 0 spiro atoms. The summed E-state index contributed by atoms with van der Waals surface area (Å²) in [5.74, 6) is 0.865. The number of nitrogens with two attached hydrogens (primary N) is 1. The lowest BCUT2D eigenvalue weighted by atomic mass is 9.77. The summed E-state index contributed by atoms with van der Waals surface area (Å²) in [7, 11) is 0. The average Bonchev–Trinajstić information content (AvgIpc) is 2.67. The second-order valence-corrected chi connectivity index (χ2v) is 6.76. The molecule has 2 saturated carbocycles. The van der Waals surface area contributed by atoms with Crippen molar-refractivity contribution in [3.05, 3.63) is 0 Å². The third-order valence-electron chi connectivity index (χ3n) is 5.37. The molecule has 2 N–H and O–H groups in total. The van der Waals surface area contributed by atoms with Crippen LogP contribution >= 0.6 is 0 Å². The molecule has 2 fully saturated rings. The molecule has 0 aromatic rings. The molecule has 112 valence electrons. The van der Waals surface area contributed by atoms with Crippen LogP contribution < -0.4 is 5.73 Å². The van der Waals surface area contributed by atoms with Crippen LogP contribution in [0.25, 0.3) is 0 Å². The van der Waals surface area contributed by atoms with E-state index in [1.54, 1.807) is 0 Å². The minimum absolute atomic E-state index is 0.00268. The zero-order valence-corrected chi connectivity index (χ0v) is 12.8. The summed E-state index contributed by atoms with van der Waals surface area (Å²) in [5, 5.41) is 0. The topological polar surface area (TPSA) is 35.2 Å². The van der Waals surface area contributed by atoms with Gasteiger partial charge in [-0.15, -0.1) is 0 Å². The van der Waals surface area contributed by atoms with Gasteiger partial charge in [-0.1, -0.05) is 57.8 Å². The van der Waals surface area contributed by atoms with Crippen LogP contribution in [0.3, 0.4) is 0 Å². The van der Waals surface area contributed by atoms with E-state index in [0.717, 1.165) is 12.5 Å². The molecule has 0 aliphatic heterocycles. The molecule has 2 rings (SSSR count). The van der Waals surface area contributed by atoms with Gasteiger partial charge in [0.15, 0.2) is 0 Å². The summed E-state index contributed by atoms with van der Waals surface area (Å²) >= 11 is 0. The molecule has 1 atom stereocenters. The van der Waals surface area contributed by atoms with Crippen molar-refractivity contribution in [2.24, 2.45) is 11.7 Å². The first kappa shape index (κ1) is 15.3. The van der Waals surface area contributed by atoms with Crippen LogP contribution in [-0.2, 0) is 4.74 Å². The molecular weight excluding hydrogens is 234 g/mol. The van der Waals surface area contributed by atoms with E-state index in [1.165, 1.54) is 77.0 Å². The Morgan fingerprint density at radius 1 is 1.00 bits per heavy atom. The van der Waals surface area contributed by atoms with E-state index < -0.39 is 0 Å². The van der Waals surface area contributed by atoms with Gasteiger partial charge in [0.05, 0.1) is 5.60 Å². The van der Waals surface area contributed by atoms with Crippen LogP contribution in [0.4, 0.5) is 0 Å². The highest BCUT2D eigenvalue weighted by molar-refractivity contribution is 4.94. The maximum atomic E-state index is 6.64. The molecule has 0 bridgehead atoms. The molecule has 2 heteroatoms. The minimum atomic E-state index is 0.00268. The summed E-state index contributed by atoms with van der Waals surface area (Å²) in [6, 6.07) is 0.258. The Kier molecular flexibility index (Phi) is 6.15. The zero-order valence-electron chi connectivity index (χ0n) is 12.8. The molecule has 2 aliphatic carbocycles. The van der Waals surface area contributed by atoms with Gasteiger partial charge in [-0.3, -0.25) is 0 Å². The van der Waals surface area contributed by atoms with Gasteiger partial charge in [0.2, 0.25) is 0 Å². The van der Waals surface area contributed by atoms with E-state index in [-0.39, 0.29) is 11.6 Å². The normalized spacial score (nSPS) is 26.8. The Morgan fingerprint density at radius 2 is 1.58 bits per heavy atom. The van der Waals surface area contributed by atoms with E-state index in [0.29, 0.717) is 0 Å². The smallest absolute Gasteiger partial charge is 0.0832 e. The van der Waals surface area contributed by atoms with E-state index in [9.17, 15) is 0 Å². The van der Waals surface area contributed by atoms with E-state index in [1.807, 2.05) is 0 Å². The van der Waals surface area contributed by atoms with Crippen molar-refractivity contribution in [1.29, 1.82) is 0 Å². The molecular formula is C17H33NO. The van der Waals surface area contributed by atoms with E-state index in [2.05, 4.69) is 6.92 Å². The molecule has 0 aromatic carbocycles. The fourth-order valence-electron chi connectivity index (χ4n) is 4.23. The van der Waals surface area contributed by atoms with Gasteiger partial charge in [-0.25, -0.2) is 0 Å². The predicted molar refractivity (Wildman–Crippen MR) is 81.2 cm³/mol. The van der Waals surface area contributed by atoms with Gasteiger partial charge >= 0.3 is 0 Å². The predicted octanol–water partition coefficient (Wildman–Crippen LogP) is 4.41. The van der Waals surface area contributed by atoms with Gasteiger partial charge in [-0.05, 0) is 32.1 Å². The summed E-state index contributed by atoms with van der Waals surface area (Å²) in [5.41, 5.74) is 6.65. The Hall–Kier alpha value is -0.0800. The fraction of sp³-hybridized carbons (Fsp3) is 1.00. The number of hydrogen-bond acceptors (Lipinski definition) is 2. The molecule has 0 amide bonds. The highest BCUT2D eigenvalue weighted by atomic mass is 16.5. The van der Waals surface area contributed by atoms with Crippen molar-refractivity contribution in [2.45, 2.75) is 95.6 Å². The lowest BCUT2D eigenvalue weighted by molar-refractivity contribution is -0.0735. The van der Waals surface area contributed by atoms with Crippen LogP contribution in [0.15, 0.2) is 0 Å². The quantitative estimate of drug-likeness (QED) is 0.749. The average molecular weight is 267 g/mol. The lowest BCUT2D eigenvalue weighted by Gasteiger charge is -2.40. The summed E-state index contributed by atoms with van der Waals surface area (Å²) in [4.78, 5) is 0. The Labute approximate surface area is 119 Å². The number of rotatable bonds is 5. The van der Waals surface area contributed by atoms with Gasteiger partial charge in [0, 0.05) is 12.6 Å². The Balaban J connectivity index is 1.95. The molecule has 0 aromatic heterocycles. The first-order valence-corrected chi connectivity index (χ1v) is 8.66. The molecule has 1 unspecified atom stereocenters. The van der Waals surface area contributed by atoms with Crippen LogP contribution in [0.1, 0.15) is 84.0 Å². The third kappa shape index (κ3) is 4.19. The van der Waals surface area contributed by atoms with Crippen LogP contribution in [0, 0.1) is 5.92 Å². The molecule has 19 heavy (non-hydrogen) atoms. The van der Waals surface area contributed by atoms with Gasteiger partial charge in [-0.2, -0.15) is 0 Å². The number of ether oxygens (including phenoxy) is 1. The van der Waals surface area contributed by atoms with Crippen molar-refractivity contribution >= 4 is 0 Å². The molecule has 0 radical (unpaired) electrons. The van der Waals surface area contributed by atoms with Gasteiger partial charge in [0.1, 0.15) is 0 Å². The maximum Gasteiger partial charge on any atom is 0.0832 e. The monoisotopic (exact) mass is 267 g/mol. The van der Waals surface area contributed by atoms with Gasteiger partial charge < -0.3 is 10.5 Å². The largest absolute Gasteiger partial charge is 0.374 e. The van der Waals surface area contributed by atoms with Crippen molar-refractivity contribution in [1.82, 2.24) is 0 Å². The van der Waals surface area contributed by atoms with E-state index >= 15 is 0 Å². The first-order valence-electron chi connectivity index (χ1n) is 8.66. The van der Waals surface area contributed by atoms with E-state index in [4.69, 9.17) is 10.5 Å². The van der Waals surface area contributed by atoms with Crippen LogP contribution in [0.5, 0.6) is 0 Å². The standard InChI is InChI=1S/C17H33NO/c1-2-19-17(12-8-3-4-9-13-17)16(18)14-15-10-6-5-7-11-15/h15-16H,2-14,18H2,1H3. The molecule has 2 aliphatic rings. The van der Waals surface area contributed by atoms with Crippen molar-refractivity contribution < 1.29 is 4.74 Å². The summed E-state index contributed by atoms with van der Waals surface area (Å²) in [6.07, 6.45) is 16.0. The molecule has 2 nitrogen and oxygen atoms in total. The van der Waals surface area contributed by atoms with Gasteiger partial charge in [0.25, 0.3) is 0 Å². The highest BCUT2D eigenvalue weighted by Crippen LogP contribution is 2.37.